The zero-order chi connectivity index (χ0) is 28.5. The van der Waals surface area contributed by atoms with E-state index >= 15 is 0 Å². The van der Waals surface area contributed by atoms with Gasteiger partial charge in [-0.1, -0.05) is 51.8 Å². The van der Waals surface area contributed by atoms with Gasteiger partial charge >= 0.3 is 0 Å². The number of rotatable bonds is 7. The Morgan fingerprint density at radius 2 is 1.90 bits per heavy atom. The van der Waals surface area contributed by atoms with Crippen LogP contribution in [0.15, 0.2) is 110 Å². The van der Waals surface area contributed by atoms with Crippen molar-refractivity contribution in [3.63, 3.8) is 0 Å². The quantitative estimate of drug-likeness (QED) is 0.102. The van der Waals surface area contributed by atoms with Gasteiger partial charge in [-0.25, -0.2) is 4.98 Å². The molecule has 0 amide bonds. The molecule has 0 N–H and O–H groups in total. The number of non-ortho nitro benzene ring substituents is 1. The second kappa shape index (κ2) is 11.0. The van der Waals surface area contributed by atoms with E-state index < -0.39 is 4.92 Å². The molecule has 0 bridgehead atoms. The summed E-state index contributed by atoms with van der Waals surface area (Å²) in [5, 5.41) is 17.3. The zero-order valence-corrected chi connectivity index (χ0v) is 23.4. The van der Waals surface area contributed by atoms with Crippen LogP contribution in [-0.2, 0) is 6.61 Å². The Morgan fingerprint density at radius 3 is 2.76 bits per heavy atom. The van der Waals surface area contributed by atoms with Crippen molar-refractivity contribution in [2.24, 2.45) is 5.10 Å². The molecule has 0 fully saturated rings. The summed E-state index contributed by atoms with van der Waals surface area (Å²) in [6, 6.07) is 25.6. The number of hydrogen-bond donors (Lipinski definition) is 0. The molecule has 2 heterocycles. The van der Waals surface area contributed by atoms with E-state index in [0.717, 1.165) is 9.86 Å². The maximum absolute atomic E-state index is 13.6. The van der Waals surface area contributed by atoms with Crippen LogP contribution in [0.1, 0.15) is 11.1 Å². The Hall–Kier alpha value is -4.80. The molecule has 0 saturated heterocycles. The van der Waals surface area contributed by atoms with E-state index in [0.29, 0.717) is 44.1 Å². The van der Waals surface area contributed by atoms with Crippen LogP contribution < -0.4 is 10.3 Å². The van der Waals surface area contributed by atoms with Gasteiger partial charge in [-0.05, 0) is 60.2 Å². The maximum Gasteiger partial charge on any atom is 0.282 e. The number of fused-ring (bicyclic) bond motifs is 2. The lowest BCUT2D eigenvalue weighted by atomic mass is 10.2. The Balaban J connectivity index is 1.41. The number of ether oxygens (including phenoxy) is 1. The number of halogens is 2. The van der Waals surface area contributed by atoms with Crippen LogP contribution in [0.3, 0.4) is 0 Å². The molecular weight excluding hydrogens is 612 g/mol. The molecule has 4 aromatic carbocycles. The van der Waals surface area contributed by atoms with Crippen LogP contribution in [0.25, 0.3) is 33.5 Å². The standard InChI is InChI=1S/C30H18BrClN4O5/c31-21-8-10-27-19(13-21)15-28(41-27)29-34-25-7-2-1-6-24(25)30(37)35(29)33-16-20-14-22(32)9-11-26(20)40-17-18-4-3-5-23(12-18)36(38)39/h1-16H,17H2. The highest BCUT2D eigenvalue weighted by Crippen LogP contribution is 2.29. The Bertz CT molecular complexity index is 2050. The topological polar surface area (TPSA) is 113 Å². The van der Waals surface area contributed by atoms with Crippen molar-refractivity contribution in [2.75, 3.05) is 0 Å². The monoisotopic (exact) mass is 628 g/mol. The first-order valence-corrected chi connectivity index (χ1v) is 13.4. The van der Waals surface area contributed by atoms with Gasteiger partial charge in [0.2, 0.25) is 5.82 Å². The number of nitrogens with zero attached hydrogens (tertiary/aromatic N) is 4. The molecule has 0 aliphatic carbocycles. The summed E-state index contributed by atoms with van der Waals surface area (Å²) in [6.07, 6.45) is 1.45. The molecule has 2 aromatic heterocycles. The number of aromatic nitrogens is 2. The van der Waals surface area contributed by atoms with Gasteiger partial charge in [0.25, 0.3) is 11.2 Å². The minimum absolute atomic E-state index is 0.0300. The van der Waals surface area contributed by atoms with Crippen LogP contribution in [0, 0.1) is 10.1 Å². The van der Waals surface area contributed by atoms with Crippen molar-refractivity contribution >= 4 is 61.3 Å². The molecule has 202 valence electrons. The predicted octanol–water partition coefficient (Wildman–Crippen LogP) is 7.60. The van der Waals surface area contributed by atoms with Gasteiger partial charge in [0.05, 0.1) is 22.0 Å². The summed E-state index contributed by atoms with van der Waals surface area (Å²) in [4.78, 5) is 29.0. The fourth-order valence-corrected chi connectivity index (χ4v) is 4.87. The van der Waals surface area contributed by atoms with E-state index in [4.69, 9.17) is 25.7 Å². The normalized spacial score (nSPS) is 11.5. The number of hydrogen-bond acceptors (Lipinski definition) is 7. The van der Waals surface area contributed by atoms with E-state index in [1.54, 1.807) is 60.7 Å². The zero-order valence-electron chi connectivity index (χ0n) is 21.0. The largest absolute Gasteiger partial charge is 0.488 e. The van der Waals surface area contributed by atoms with Crippen LogP contribution in [0.2, 0.25) is 5.02 Å². The summed E-state index contributed by atoms with van der Waals surface area (Å²) in [7, 11) is 0. The number of nitro groups is 1. The van der Waals surface area contributed by atoms with E-state index in [1.807, 2.05) is 18.2 Å². The van der Waals surface area contributed by atoms with Gasteiger partial charge in [-0.3, -0.25) is 14.9 Å². The number of nitro benzene ring substituents is 1. The molecule has 0 saturated carbocycles. The Morgan fingerprint density at radius 1 is 1.05 bits per heavy atom. The highest BCUT2D eigenvalue weighted by Gasteiger charge is 2.17. The van der Waals surface area contributed by atoms with Crippen LogP contribution in [-0.4, -0.2) is 20.8 Å². The average molecular weight is 630 g/mol. The SMILES string of the molecule is O=c1c2ccccc2nc(-c2cc3cc(Br)ccc3o2)n1N=Cc1cc(Cl)ccc1OCc1cccc([N+](=O)[O-])c1. The van der Waals surface area contributed by atoms with E-state index in [-0.39, 0.29) is 23.7 Å². The molecule has 0 aliphatic rings. The van der Waals surface area contributed by atoms with Crippen molar-refractivity contribution in [2.45, 2.75) is 6.61 Å². The van der Waals surface area contributed by atoms with E-state index in [1.165, 1.54) is 23.0 Å². The highest BCUT2D eigenvalue weighted by molar-refractivity contribution is 9.10. The highest BCUT2D eigenvalue weighted by atomic mass is 79.9. The molecule has 0 spiro atoms. The summed E-state index contributed by atoms with van der Waals surface area (Å²) < 4.78 is 14.1. The first-order chi connectivity index (χ1) is 19.9. The van der Waals surface area contributed by atoms with Gasteiger partial charge < -0.3 is 9.15 Å². The summed E-state index contributed by atoms with van der Waals surface area (Å²) in [5.74, 6) is 1.01. The molecule has 6 rings (SSSR count). The van der Waals surface area contributed by atoms with Gasteiger partial charge in [0, 0.05) is 32.6 Å². The van der Waals surface area contributed by atoms with Crippen molar-refractivity contribution in [3.8, 4) is 17.3 Å². The van der Waals surface area contributed by atoms with E-state index in [2.05, 4.69) is 21.0 Å². The number of para-hydroxylation sites is 1. The fraction of sp³-hybridized carbons (Fsp3) is 0.0333. The summed E-state index contributed by atoms with van der Waals surface area (Å²) in [5.41, 5.74) is 1.83. The molecule has 11 heteroatoms. The van der Waals surface area contributed by atoms with Crippen molar-refractivity contribution in [3.05, 3.63) is 132 Å². The lowest BCUT2D eigenvalue weighted by Gasteiger charge is -2.10. The van der Waals surface area contributed by atoms with Crippen molar-refractivity contribution < 1.29 is 14.1 Å². The maximum atomic E-state index is 13.6. The Kier molecular flexibility index (Phi) is 7.08. The second-order valence-corrected chi connectivity index (χ2v) is 10.4. The van der Waals surface area contributed by atoms with Gasteiger partial charge in [-0.2, -0.15) is 9.78 Å². The minimum Gasteiger partial charge on any atom is -0.488 e. The lowest BCUT2D eigenvalue weighted by Crippen LogP contribution is -2.20. The predicted molar refractivity (Wildman–Crippen MR) is 161 cm³/mol. The molecule has 0 radical (unpaired) electrons. The minimum atomic E-state index is -0.461. The van der Waals surface area contributed by atoms with Crippen molar-refractivity contribution in [1.82, 2.24) is 9.66 Å². The second-order valence-electron chi connectivity index (χ2n) is 9.00. The molecule has 0 atom stereocenters. The molecule has 0 unspecified atom stereocenters. The summed E-state index contributed by atoms with van der Waals surface area (Å²) >= 11 is 9.74. The van der Waals surface area contributed by atoms with Crippen LogP contribution in [0.4, 0.5) is 5.69 Å². The first-order valence-electron chi connectivity index (χ1n) is 12.3. The van der Waals surface area contributed by atoms with Crippen LogP contribution in [0.5, 0.6) is 5.75 Å². The smallest absolute Gasteiger partial charge is 0.282 e. The van der Waals surface area contributed by atoms with Gasteiger partial charge in [0.1, 0.15) is 17.9 Å². The van der Waals surface area contributed by atoms with Crippen LogP contribution >= 0.6 is 27.5 Å². The number of furan rings is 1. The molecule has 0 aliphatic heterocycles. The lowest BCUT2D eigenvalue weighted by molar-refractivity contribution is -0.384. The third kappa shape index (κ3) is 5.47. The summed E-state index contributed by atoms with van der Waals surface area (Å²) in [6.45, 7) is 0.0709. The molecular formula is C30H18BrClN4O5. The molecule has 9 nitrogen and oxygen atoms in total. The molecule has 6 aromatic rings. The molecule has 41 heavy (non-hydrogen) atoms. The number of benzene rings is 4. The fourth-order valence-electron chi connectivity index (χ4n) is 4.31. The Labute approximate surface area is 245 Å². The third-order valence-electron chi connectivity index (χ3n) is 6.25. The van der Waals surface area contributed by atoms with Gasteiger partial charge in [-0.15, -0.1) is 0 Å². The van der Waals surface area contributed by atoms with E-state index in [9.17, 15) is 14.9 Å². The third-order valence-corrected chi connectivity index (χ3v) is 6.98. The van der Waals surface area contributed by atoms with Gasteiger partial charge in [0.15, 0.2) is 5.76 Å². The average Bonchev–Trinajstić information content (AvgIpc) is 3.39. The van der Waals surface area contributed by atoms with Crippen molar-refractivity contribution in [1.29, 1.82) is 0 Å². The first kappa shape index (κ1) is 26.4.